The van der Waals surface area contributed by atoms with Crippen molar-refractivity contribution in [1.82, 2.24) is 9.80 Å². The molecule has 1 aromatic carbocycles. The van der Waals surface area contributed by atoms with Gasteiger partial charge in [-0.05, 0) is 37.3 Å². The maximum Gasteiger partial charge on any atom is 0.230 e. The highest BCUT2D eigenvalue weighted by molar-refractivity contribution is 5.99. The smallest absolute Gasteiger partial charge is 0.230 e. The van der Waals surface area contributed by atoms with Crippen molar-refractivity contribution in [3.05, 3.63) is 29.8 Å². The van der Waals surface area contributed by atoms with Crippen LogP contribution in [-0.2, 0) is 9.59 Å². The zero-order valence-electron chi connectivity index (χ0n) is 17.0. The Morgan fingerprint density at radius 2 is 1.62 bits per heavy atom. The predicted octanol–water partition coefficient (Wildman–Crippen LogP) is 3.18. The van der Waals surface area contributed by atoms with Crippen molar-refractivity contribution in [2.75, 3.05) is 37.6 Å². The van der Waals surface area contributed by atoms with E-state index in [4.69, 9.17) is 0 Å². The van der Waals surface area contributed by atoms with E-state index in [2.05, 4.69) is 4.90 Å². The summed E-state index contributed by atoms with van der Waals surface area (Å²) in [5.41, 5.74) is 0.214. The van der Waals surface area contributed by atoms with Crippen molar-refractivity contribution in [3.63, 3.8) is 0 Å². The lowest BCUT2D eigenvalue weighted by Crippen LogP contribution is -2.56. The number of piperidine rings is 1. The number of rotatable bonds is 4. The molecule has 0 aromatic heterocycles. The van der Waals surface area contributed by atoms with Crippen LogP contribution in [0, 0.1) is 17.0 Å². The number of hydrogen-bond donors (Lipinski definition) is 0. The van der Waals surface area contributed by atoms with E-state index in [1.807, 2.05) is 11.8 Å². The molecule has 1 atom stereocenters. The Morgan fingerprint density at radius 3 is 2.24 bits per heavy atom. The molecule has 0 radical (unpaired) electrons. The van der Waals surface area contributed by atoms with Crippen LogP contribution in [0.5, 0.6) is 0 Å². The van der Waals surface area contributed by atoms with Gasteiger partial charge in [-0.15, -0.1) is 0 Å². The number of benzene rings is 1. The highest BCUT2D eigenvalue weighted by Crippen LogP contribution is 2.47. The van der Waals surface area contributed by atoms with E-state index < -0.39 is 11.6 Å². The third-order valence-electron chi connectivity index (χ3n) is 6.84. The molecular weight excluding hydrogens is 376 g/mol. The second kappa shape index (κ2) is 8.01. The zero-order chi connectivity index (χ0) is 20.6. The minimum absolute atomic E-state index is 0.0314. The molecule has 0 N–H and O–H groups in total. The molecule has 29 heavy (non-hydrogen) atoms. The monoisotopic (exact) mass is 405 g/mol. The number of halogens is 2. The zero-order valence-corrected chi connectivity index (χ0v) is 17.0. The minimum atomic E-state index is -0.445. The third-order valence-corrected chi connectivity index (χ3v) is 6.84. The van der Waals surface area contributed by atoms with Crippen LogP contribution in [0.3, 0.4) is 0 Å². The molecule has 5 nitrogen and oxygen atoms in total. The minimum Gasteiger partial charge on any atom is -0.367 e. The number of hydrogen-bond acceptors (Lipinski definition) is 4. The van der Waals surface area contributed by atoms with Crippen LogP contribution >= 0.6 is 0 Å². The van der Waals surface area contributed by atoms with E-state index in [1.165, 1.54) is 11.0 Å². The van der Waals surface area contributed by atoms with Gasteiger partial charge in [0, 0.05) is 57.7 Å². The first kappa shape index (κ1) is 20.3. The molecule has 2 heterocycles. The SMILES string of the molecule is CC(CN1CCN(c2cc(F)ccc2F)CC1)N1C(=O)CC2(CCCC2)CC1=O. The number of carbonyl (C=O) groups is 2. The molecule has 3 fully saturated rings. The summed E-state index contributed by atoms with van der Waals surface area (Å²) in [6, 6.07) is 3.34. The number of anilines is 1. The molecule has 1 aliphatic carbocycles. The number of carbonyl (C=O) groups excluding carboxylic acids is 2. The first-order chi connectivity index (χ1) is 13.9. The quantitative estimate of drug-likeness (QED) is 0.722. The summed E-state index contributed by atoms with van der Waals surface area (Å²) >= 11 is 0. The van der Waals surface area contributed by atoms with Gasteiger partial charge in [0.25, 0.3) is 0 Å². The van der Waals surface area contributed by atoms with Crippen LogP contribution in [0.4, 0.5) is 14.5 Å². The lowest BCUT2D eigenvalue weighted by Gasteiger charge is -2.42. The molecule has 1 unspecified atom stereocenters. The lowest BCUT2D eigenvalue weighted by atomic mass is 9.76. The van der Waals surface area contributed by atoms with Crippen LogP contribution in [0.15, 0.2) is 18.2 Å². The highest BCUT2D eigenvalue weighted by Gasteiger charge is 2.46. The Balaban J connectivity index is 1.33. The van der Waals surface area contributed by atoms with Gasteiger partial charge in [0.2, 0.25) is 11.8 Å². The van der Waals surface area contributed by atoms with Gasteiger partial charge in [-0.25, -0.2) is 8.78 Å². The number of likely N-dealkylation sites (tertiary alicyclic amines) is 1. The summed E-state index contributed by atoms with van der Waals surface area (Å²) in [5, 5.41) is 0. The average molecular weight is 405 g/mol. The summed E-state index contributed by atoms with van der Waals surface area (Å²) < 4.78 is 27.5. The fraction of sp³-hybridized carbons (Fsp3) is 0.636. The topological polar surface area (TPSA) is 43.9 Å². The Labute approximate surface area is 170 Å². The van der Waals surface area contributed by atoms with Gasteiger partial charge in [0.15, 0.2) is 0 Å². The largest absolute Gasteiger partial charge is 0.367 e. The van der Waals surface area contributed by atoms with Crippen molar-refractivity contribution < 1.29 is 18.4 Å². The molecule has 0 bridgehead atoms. The van der Waals surface area contributed by atoms with Gasteiger partial charge in [-0.2, -0.15) is 0 Å². The van der Waals surface area contributed by atoms with Gasteiger partial charge in [0.05, 0.1) is 5.69 Å². The van der Waals surface area contributed by atoms with Crippen LogP contribution in [0.1, 0.15) is 45.4 Å². The summed E-state index contributed by atoms with van der Waals surface area (Å²) in [6.45, 7) is 5.07. The fourth-order valence-corrected chi connectivity index (χ4v) is 5.34. The molecule has 1 saturated carbocycles. The molecule has 3 aliphatic rings. The standard InChI is InChI=1S/C22H29F2N3O2/c1-16(27-20(28)13-22(14-21(27)29)6-2-3-7-22)15-25-8-10-26(11-9-25)19-12-17(23)4-5-18(19)24/h4-5,12,16H,2-3,6-11,13-15H2,1H3. The van der Waals surface area contributed by atoms with Crippen molar-refractivity contribution in [2.45, 2.75) is 51.5 Å². The second-order valence-corrected chi connectivity index (χ2v) is 8.95. The van der Waals surface area contributed by atoms with Crippen LogP contribution < -0.4 is 4.90 Å². The normalized spacial score (nSPS) is 23.8. The number of amides is 2. The summed E-state index contributed by atoms with van der Waals surface area (Å²) in [7, 11) is 0. The summed E-state index contributed by atoms with van der Waals surface area (Å²) in [5.74, 6) is -0.926. The summed E-state index contributed by atoms with van der Waals surface area (Å²) in [6.07, 6.45) is 5.21. The van der Waals surface area contributed by atoms with E-state index in [9.17, 15) is 18.4 Å². The molecule has 2 amide bonds. The predicted molar refractivity (Wildman–Crippen MR) is 106 cm³/mol. The van der Waals surface area contributed by atoms with Crippen LogP contribution in [0.2, 0.25) is 0 Å². The Kier molecular flexibility index (Phi) is 5.60. The van der Waals surface area contributed by atoms with E-state index in [0.717, 1.165) is 37.8 Å². The molecule has 1 spiro atoms. The maximum absolute atomic E-state index is 14.0. The van der Waals surface area contributed by atoms with Gasteiger partial charge in [-0.1, -0.05) is 12.8 Å². The van der Waals surface area contributed by atoms with Gasteiger partial charge < -0.3 is 4.90 Å². The van der Waals surface area contributed by atoms with Gasteiger partial charge in [-0.3, -0.25) is 19.4 Å². The van der Waals surface area contributed by atoms with E-state index in [-0.39, 0.29) is 23.3 Å². The van der Waals surface area contributed by atoms with Crippen molar-refractivity contribution >= 4 is 17.5 Å². The maximum atomic E-state index is 14.0. The van der Waals surface area contributed by atoms with Crippen LogP contribution in [-0.4, -0.2) is 60.4 Å². The molecule has 4 rings (SSSR count). The molecule has 2 saturated heterocycles. The van der Waals surface area contributed by atoms with E-state index in [0.29, 0.717) is 51.3 Å². The van der Waals surface area contributed by atoms with E-state index >= 15 is 0 Å². The number of imide groups is 1. The first-order valence-electron chi connectivity index (χ1n) is 10.6. The number of nitrogens with zero attached hydrogens (tertiary/aromatic N) is 3. The molecule has 1 aromatic rings. The Morgan fingerprint density at radius 1 is 1.00 bits per heavy atom. The Bertz CT molecular complexity index is 766. The summed E-state index contributed by atoms with van der Waals surface area (Å²) in [4.78, 5) is 31.0. The average Bonchev–Trinajstić information content (AvgIpc) is 3.11. The van der Waals surface area contributed by atoms with Crippen LogP contribution in [0.25, 0.3) is 0 Å². The van der Waals surface area contributed by atoms with Gasteiger partial charge in [0.1, 0.15) is 11.6 Å². The van der Waals surface area contributed by atoms with Crippen molar-refractivity contribution in [2.24, 2.45) is 5.41 Å². The molecule has 158 valence electrons. The Hall–Kier alpha value is -2.02. The first-order valence-corrected chi connectivity index (χ1v) is 10.6. The molecule has 7 heteroatoms. The van der Waals surface area contributed by atoms with E-state index in [1.54, 1.807) is 0 Å². The molecular formula is C22H29F2N3O2. The third kappa shape index (κ3) is 4.15. The van der Waals surface area contributed by atoms with Crippen molar-refractivity contribution in [3.8, 4) is 0 Å². The second-order valence-electron chi connectivity index (χ2n) is 8.95. The fourth-order valence-electron chi connectivity index (χ4n) is 5.34. The lowest BCUT2D eigenvalue weighted by molar-refractivity contribution is -0.156. The molecule has 2 aliphatic heterocycles. The highest BCUT2D eigenvalue weighted by atomic mass is 19.1. The van der Waals surface area contributed by atoms with Gasteiger partial charge >= 0.3 is 0 Å². The van der Waals surface area contributed by atoms with Crippen molar-refractivity contribution in [1.29, 1.82) is 0 Å². The number of piperazine rings is 1.